The van der Waals surface area contributed by atoms with Crippen LogP contribution >= 0.6 is 11.6 Å². The number of fused-ring (bicyclic) bond motifs is 3. The second-order valence-electron chi connectivity index (χ2n) is 9.56. The van der Waals surface area contributed by atoms with E-state index in [-0.39, 0.29) is 11.8 Å². The molecular formula is C25H23ClF2N4O. The van der Waals surface area contributed by atoms with Gasteiger partial charge < -0.3 is 0 Å². The summed E-state index contributed by atoms with van der Waals surface area (Å²) in [4.78, 5) is 13.6. The lowest BCUT2D eigenvalue weighted by Gasteiger charge is -2.51. The fourth-order valence-electron chi connectivity index (χ4n) is 5.89. The van der Waals surface area contributed by atoms with Crippen molar-refractivity contribution in [3.63, 3.8) is 0 Å². The van der Waals surface area contributed by atoms with E-state index in [0.717, 1.165) is 42.8 Å². The Morgan fingerprint density at radius 2 is 1.88 bits per heavy atom. The maximum atomic E-state index is 13.8. The largest absolute Gasteiger partial charge is 0.273 e. The summed E-state index contributed by atoms with van der Waals surface area (Å²) < 4.78 is 29.5. The van der Waals surface area contributed by atoms with Gasteiger partial charge in [0.1, 0.15) is 17.2 Å². The van der Waals surface area contributed by atoms with Gasteiger partial charge in [-0.15, -0.1) is 0 Å². The maximum absolute atomic E-state index is 13.8. The molecule has 5 nitrogen and oxygen atoms in total. The molecule has 2 unspecified atom stereocenters. The number of carbonyl (C=O) groups excluding carboxylic acids is 1. The van der Waals surface area contributed by atoms with E-state index in [2.05, 4.69) is 10.2 Å². The summed E-state index contributed by atoms with van der Waals surface area (Å²) >= 11 is 6.28. The van der Waals surface area contributed by atoms with Crippen molar-refractivity contribution in [2.75, 3.05) is 0 Å². The fraction of sp³-hybridized carbons (Fsp3) is 0.400. The molecule has 1 amide bonds. The molecule has 1 aliphatic heterocycles. The van der Waals surface area contributed by atoms with E-state index in [1.807, 2.05) is 29.1 Å². The first kappa shape index (κ1) is 20.8. The molecule has 3 fully saturated rings. The molecule has 8 heteroatoms. The summed E-state index contributed by atoms with van der Waals surface area (Å²) in [6.07, 6.45) is 6.96. The highest BCUT2D eigenvalue weighted by Gasteiger charge is 2.50. The lowest BCUT2D eigenvalue weighted by atomic mass is 9.55. The number of hydrogen-bond donors (Lipinski definition) is 0. The van der Waals surface area contributed by atoms with Crippen LogP contribution in [0.4, 0.5) is 8.78 Å². The quantitative estimate of drug-likeness (QED) is 0.501. The van der Waals surface area contributed by atoms with Crippen LogP contribution in [-0.2, 0) is 11.3 Å². The van der Waals surface area contributed by atoms with Gasteiger partial charge in [-0.05, 0) is 60.8 Å². The van der Waals surface area contributed by atoms with Crippen LogP contribution in [0.5, 0.6) is 0 Å². The summed E-state index contributed by atoms with van der Waals surface area (Å²) in [6, 6.07) is 8.72. The SMILES string of the molecule is O=C([C@H]1CC(Cn2cc3cccc(Cl)c3n2)C2CC1C2)N1N=CCC1c1cc(F)cc(F)c1. The van der Waals surface area contributed by atoms with Gasteiger partial charge >= 0.3 is 0 Å². The molecule has 7 rings (SSSR count). The molecule has 2 aromatic carbocycles. The van der Waals surface area contributed by atoms with Gasteiger partial charge in [-0.25, -0.2) is 13.8 Å². The van der Waals surface area contributed by atoms with Crippen LogP contribution in [-0.4, -0.2) is 26.9 Å². The molecule has 0 spiro atoms. The first-order valence-electron chi connectivity index (χ1n) is 11.4. The summed E-state index contributed by atoms with van der Waals surface area (Å²) in [6.45, 7) is 0.744. The molecule has 0 saturated heterocycles. The third kappa shape index (κ3) is 3.62. The van der Waals surface area contributed by atoms with E-state index < -0.39 is 17.7 Å². The number of amides is 1. The molecule has 3 atom stereocenters. The van der Waals surface area contributed by atoms with Crippen molar-refractivity contribution in [1.29, 1.82) is 0 Å². The molecule has 0 radical (unpaired) electrons. The van der Waals surface area contributed by atoms with Crippen molar-refractivity contribution in [3.05, 3.63) is 64.8 Å². The third-order valence-corrected chi connectivity index (χ3v) is 7.91. The van der Waals surface area contributed by atoms with Gasteiger partial charge in [0, 0.05) is 42.7 Å². The number of rotatable bonds is 4. The second-order valence-corrected chi connectivity index (χ2v) is 9.96. The second kappa shape index (κ2) is 7.90. The van der Waals surface area contributed by atoms with Gasteiger partial charge in [0.2, 0.25) is 5.91 Å². The Hall–Kier alpha value is -2.80. The van der Waals surface area contributed by atoms with Crippen molar-refractivity contribution in [2.45, 2.75) is 38.3 Å². The van der Waals surface area contributed by atoms with E-state index in [1.54, 1.807) is 6.21 Å². The topological polar surface area (TPSA) is 50.5 Å². The smallest absolute Gasteiger partial charge is 0.246 e. The number of halogens is 3. The van der Waals surface area contributed by atoms with Crippen LogP contribution in [0.25, 0.3) is 10.9 Å². The van der Waals surface area contributed by atoms with Crippen LogP contribution in [0.2, 0.25) is 5.02 Å². The molecule has 2 heterocycles. The lowest BCUT2D eigenvalue weighted by molar-refractivity contribution is -0.147. The fourth-order valence-corrected chi connectivity index (χ4v) is 6.11. The number of carbonyl (C=O) groups is 1. The summed E-state index contributed by atoms with van der Waals surface area (Å²) in [7, 11) is 0. The first-order chi connectivity index (χ1) is 16.0. The van der Waals surface area contributed by atoms with Crippen molar-refractivity contribution in [2.24, 2.45) is 28.8 Å². The molecule has 3 aliphatic carbocycles. The van der Waals surface area contributed by atoms with Crippen molar-refractivity contribution < 1.29 is 13.6 Å². The van der Waals surface area contributed by atoms with E-state index >= 15 is 0 Å². The van der Waals surface area contributed by atoms with Gasteiger partial charge in [0.25, 0.3) is 0 Å². The average molecular weight is 469 g/mol. The maximum Gasteiger partial charge on any atom is 0.246 e. The molecule has 170 valence electrons. The Bertz CT molecular complexity index is 1250. The van der Waals surface area contributed by atoms with Gasteiger partial charge in [-0.2, -0.15) is 10.2 Å². The predicted octanol–water partition coefficient (Wildman–Crippen LogP) is 5.59. The van der Waals surface area contributed by atoms with Crippen molar-refractivity contribution >= 4 is 34.6 Å². The Morgan fingerprint density at radius 1 is 1.09 bits per heavy atom. The van der Waals surface area contributed by atoms with Gasteiger partial charge in [-0.3, -0.25) is 9.48 Å². The van der Waals surface area contributed by atoms with E-state index in [9.17, 15) is 13.6 Å². The molecule has 4 aliphatic rings. The molecule has 1 aromatic heterocycles. The molecule has 3 saturated carbocycles. The lowest BCUT2D eigenvalue weighted by Crippen LogP contribution is -2.49. The van der Waals surface area contributed by atoms with Crippen molar-refractivity contribution in [3.8, 4) is 0 Å². The third-order valence-electron chi connectivity index (χ3n) is 7.60. The zero-order chi connectivity index (χ0) is 22.7. The molecule has 33 heavy (non-hydrogen) atoms. The predicted molar refractivity (Wildman–Crippen MR) is 122 cm³/mol. The summed E-state index contributed by atoms with van der Waals surface area (Å²) in [5.41, 5.74) is 1.24. The van der Waals surface area contributed by atoms with Crippen LogP contribution in [0.15, 0.2) is 47.7 Å². The van der Waals surface area contributed by atoms with Crippen molar-refractivity contribution in [1.82, 2.24) is 14.8 Å². The standard InChI is InChI=1S/C25H23ClF2N4O/c26-22-3-1-2-14-12-31(30-24(14)22)13-18-10-21(16-6-15(18)7-16)25(33)32-23(4-5-29-32)17-8-19(27)11-20(28)9-17/h1-3,5,8-9,11-12,15-16,18,21,23H,4,6-7,10,13H2/t15?,16?,18?,21-,23?/m0/s1. The number of hydrazone groups is 1. The van der Waals surface area contributed by atoms with E-state index in [0.29, 0.717) is 34.8 Å². The molecule has 2 bridgehead atoms. The van der Waals surface area contributed by atoms with Gasteiger partial charge in [0.05, 0.1) is 11.1 Å². The zero-order valence-electron chi connectivity index (χ0n) is 17.9. The van der Waals surface area contributed by atoms with E-state index in [4.69, 9.17) is 11.6 Å². The summed E-state index contributed by atoms with van der Waals surface area (Å²) in [5, 5.41) is 12.1. The first-order valence-corrected chi connectivity index (χ1v) is 11.8. The van der Waals surface area contributed by atoms with E-state index in [1.165, 1.54) is 17.1 Å². The van der Waals surface area contributed by atoms with Gasteiger partial charge in [-0.1, -0.05) is 23.7 Å². The summed E-state index contributed by atoms with van der Waals surface area (Å²) in [5.74, 6) is -0.174. The molecule has 3 aromatic rings. The number of aromatic nitrogens is 2. The molecular weight excluding hydrogens is 446 g/mol. The highest BCUT2D eigenvalue weighted by atomic mass is 35.5. The minimum Gasteiger partial charge on any atom is -0.273 e. The monoisotopic (exact) mass is 468 g/mol. The van der Waals surface area contributed by atoms with Crippen LogP contribution < -0.4 is 0 Å². The average Bonchev–Trinajstić information content (AvgIpc) is 3.39. The zero-order valence-corrected chi connectivity index (χ0v) is 18.6. The normalized spacial score (nSPS) is 28.3. The van der Waals surface area contributed by atoms with Crippen LogP contribution in [0.3, 0.4) is 0 Å². The molecule has 0 N–H and O–H groups in total. The Labute approximate surface area is 195 Å². The number of nitrogens with zero attached hydrogens (tertiary/aromatic N) is 4. The highest BCUT2D eigenvalue weighted by Crippen LogP contribution is 2.53. The minimum absolute atomic E-state index is 0.0414. The van der Waals surface area contributed by atoms with Crippen LogP contribution in [0, 0.1) is 35.3 Å². The Balaban J connectivity index is 1.21. The Kier molecular flexibility index (Phi) is 4.98. The Morgan fingerprint density at radius 3 is 2.64 bits per heavy atom. The number of hydrogen-bond acceptors (Lipinski definition) is 3. The van der Waals surface area contributed by atoms with Gasteiger partial charge in [0.15, 0.2) is 0 Å². The number of benzene rings is 2. The minimum atomic E-state index is -0.643. The van der Waals surface area contributed by atoms with Crippen LogP contribution in [0.1, 0.15) is 37.3 Å². The highest BCUT2D eigenvalue weighted by molar-refractivity contribution is 6.35.